The van der Waals surface area contributed by atoms with E-state index in [2.05, 4.69) is 0 Å². The van der Waals surface area contributed by atoms with Gasteiger partial charge in [0.25, 0.3) is 0 Å². The van der Waals surface area contributed by atoms with Gasteiger partial charge in [0.15, 0.2) is 0 Å². The van der Waals surface area contributed by atoms with Gasteiger partial charge in [-0.1, -0.05) is 13.8 Å². The molecule has 3 nitrogen and oxygen atoms in total. The lowest BCUT2D eigenvalue weighted by molar-refractivity contribution is 0.239. The van der Waals surface area contributed by atoms with Crippen LogP contribution in [-0.2, 0) is 0 Å². The number of carbonyl (C=O) groups is 1. The number of nitrogens with two attached hydrogens (primary N) is 1. The number of urea groups is 1. The molecule has 0 saturated carbocycles. The van der Waals surface area contributed by atoms with Crippen LogP contribution >= 0.6 is 11.9 Å². The molecule has 4 heteroatoms. The van der Waals surface area contributed by atoms with Crippen molar-refractivity contribution < 1.29 is 4.79 Å². The quantitative estimate of drug-likeness (QED) is 0.595. The number of amides is 2. The molecule has 0 aromatic carbocycles. The molecule has 0 spiro atoms. The lowest BCUT2D eigenvalue weighted by Gasteiger charge is -2.14. The van der Waals surface area contributed by atoms with Gasteiger partial charge in [-0.05, 0) is 11.9 Å². The van der Waals surface area contributed by atoms with E-state index in [0.29, 0.717) is 5.25 Å². The maximum absolute atomic E-state index is 10.4. The van der Waals surface area contributed by atoms with Crippen LogP contribution in [0.1, 0.15) is 13.8 Å². The number of hydrogen-bond donors (Lipinski definition) is 1. The number of hydrogen-bond acceptors (Lipinski definition) is 2. The number of nitrogens with zero attached hydrogens (tertiary/aromatic N) is 1. The van der Waals surface area contributed by atoms with Crippen LogP contribution in [-0.4, -0.2) is 22.6 Å². The fourth-order valence-corrected chi connectivity index (χ4v) is 1.10. The summed E-state index contributed by atoms with van der Waals surface area (Å²) < 4.78 is 1.42. The molecule has 0 aliphatic rings. The van der Waals surface area contributed by atoms with Gasteiger partial charge < -0.3 is 5.73 Å². The fraction of sp³-hybridized carbons (Fsp3) is 0.800. The zero-order chi connectivity index (χ0) is 7.44. The Kier molecular flexibility index (Phi) is 3.46. The Balaban J connectivity index is 3.50. The normalized spacial score (nSPS) is 9.78. The average Bonchev–Trinajstić information content (AvgIpc) is 1.63. The van der Waals surface area contributed by atoms with Gasteiger partial charge in [0.05, 0.1) is 0 Å². The maximum Gasteiger partial charge on any atom is 0.324 e. The molecule has 2 amide bonds. The minimum absolute atomic E-state index is 0.395. The van der Waals surface area contributed by atoms with Gasteiger partial charge in [-0.3, -0.25) is 4.31 Å². The second kappa shape index (κ2) is 3.61. The van der Waals surface area contributed by atoms with Crippen LogP contribution in [0.5, 0.6) is 0 Å². The molecule has 0 heterocycles. The lowest BCUT2D eigenvalue weighted by Crippen LogP contribution is -2.27. The standard InChI is InChI=1S/C5H12N2OS/c1-4(2)9-7(3)5(6)8/h4H,1-3H3,(H2,6,8). The van der Waals surface area contributed by atoms with Crippen LogP contribution in [0.2, 0.25) is 0 Å². The topological polar surface area (TPSA) is 46.3 Å². The molecule has 0 aromatic rings. The molecule has 0 unspecified atom stereocenters. The first-order valence-corrected chi connectivity index (χ1v) is 3.57. The molecule has 0 aromatic heterocycles. The fourth-order valence-electron chi connectivity index (χ4n) is 0.368. The largest absolute Gasteiger partial charge is 0.351 e. The molecule has 0 bridgehead atoms. The van der Waals surface area contributed by atoms with E-state index in [9.17, 15) is 4.79 Å². The summed E-state index contributed by atoms with van der Waals surface area (Å²) in [5.74, 6) is 0. The molecule has 0 atom stereocenters. The summed E-state index contributed by atoms with van der Waals surface area (Å²) >= 11 is 1.42. The molecule has 0 saturated heterocycles. The summed E-state index contributed by atoms with van der Waals surface area (Å²) in [6, 6.07) is -0.395. The zero-order valence-electron chi connectivity index (χ0n) is 5.92. The third-order valence-electron chi connectivity index (χ3n) is 0.679. The van der Waals surface area contributed by atoms with Crippen LogP contribution in [0.4, 0.5) is 4.79 Å². The Morgan fingerprint density at radius 2 is 2.11 bits per heavy atom. The predicted octanol–water partition coefficient (Wildman–Crippen LogP) is 1.05. The highest BCUT2D eigenvalue weighted by Gasteiger charge is 2.04. The van der Waals surface area contributed by atoms with Gasteiger partial charge in [0.2, 0.25) is 0 Å². The van der Waals surface area contributed by atoms with E-state index in [-0.39, 0.29) is 0 Å². The molecule has 0 radical (unpaired) electrons. The molecule has 9 heavy (non-hydrogen) atoms. The first-order chi connectivity index (χ1) is 4.04. The highest BCUT2D eigenvalue weighted by atomic mass is 32.2. The molecule has 0 fully saturated rings. The van der Waals surface area contributed by atoms with Crippen LogP contribution in [0, 0.1) is 0 Å². The summed E-state index contributed by atoms with van der Waals surface area (Å²) in [4.78, 5) is 10.4. The molecular formula is C5H12N2OS. The van der Waals surface area contributed by atoms with E-state index >= 15 is 0 Å². The predicted molar refractivity (Wildman–Crippen MR) is 40.1 cm³/mol. The van der Waals surface area contributed by atoms with Crippen molar-refractivity contribution in [2.75, 3.05) is 7.05 Å². The maximum atomic E-state index is 10.4. The van der Waals surface area contributed by atoms with E-state index in [1.165, 1.54) is 16.3 Å². The van der Waals surface area contributed by atoms with Crippen molar-refractivity contribution in [3.8, 4) is 0 Å². The van der Waals surface area contributed by atoms with Crippen LogP contribution in [0.25, 0.3) is 0 Å². The Labute approximate surface area is 59.7 Å². The summed E-state index contributed by atoms with van der Waals surface area (Å²) in [5, 5.41) is 0.405. The van der Waals surface area contributed by atoms with E-state index in [0.717, 1.165) is 0 Å². The van der Waals surface area contributed by atoms with Crippen molar-refractivity contribution >= 4 is 18.0 Å². The van der Waals surface area contributed by atoms with Gasteiger partial charge >= 0.3 is 6.03 Å². The van der Waals surface area contributed by atoms with Crippen molar-refractivity contribution in [3.05, 3.63) is 0 Å². The van der Waals surface area contributed by atoms with E-state index < -0.39 is 6.03 Å². The highest BCUT2D eigenvalue weighted by Crippen LogP contribution is 2.12. The van der Waals surface area contributed by atoms with Crippen molar-refractivity contribution in [3.63, 3.8) is 0 Å². The Hall–Kier alpha value is -0.380. The van der Waals surface area contributed by atoms with Crippen molar-refractivity contribution in [1.82, 2.24) is 4.31 Å². The molecule has 0 aliphatic heterocycles. The van der Waals surface area contributed by atoms with E-state index in [4.69, 9.17) is 5.73 Å². The van der Waals surface area contributed by atoms with Gasteiger partial charge in [-0.25, -0.2) is 4.79 Å². The summed E-state index contributed by atoms with van der Waals surface area (Å²) in [6.07, 6.45) is 0. The third kappa shape index (κ3) is 4.14. The average molecular weight is 148 g/mol. The Bertz CT molecular complexity index is 105. The molecule has 2 N–H and O–H groups in total. The molecule has 0 rings (SSSR count). The second-order valence-electron chi connectivity index (χ2n) is 1.99. The molecule has 54 valence electrons. The van der Waals surface area contributed by atoms with Crippen molar-refractivity contribution in [1.29, 1.82) is 0 Å². The first kappa shape index (κ1) is 8.62. The van der Waals surface area contributed by atoms with Gasteiger partial charge in [-0.2, -0.15) is 0 Å². The van der Waals surface area contributed by atoms with Crippen LogP contribution < -0.4 is 5.73 Å². The number of carbonyl (C=O) groups excluding carboxylic acids is 1. The monoisotopic (exact) mass is 148 g/mol. The first-order valence-electron chi connectivity index (χ1n) is 2.74. The van der Waals surface area contributed by atoms with Crippen molar-refractivity contribution in [2.45, 2.75) is 19.1 Å². The molecule has 0 aliphatic carbocycles. The number of primary amides is 1. The SMILES string of the molecule is CC(C)SN(C)C(N)=O. The number of rotatable bonds is 2. The van der Waals surface area contributed by atoms with E-state index in [1.54, 1.807) is 7.05 Å². The third-order valence-corrected chi connectivity index (χ3v) is 1.60. The Morgan fingerprint density at radius 1 is 1.67 bits per heavy atom. The van der Waals surface area contributed by atoms with Crippen LogP contribution in [0.15, 0.2) is 0 Å². The van der Waals surface area contributed by atoms with Crippen molar-refractivity contribution in [2.24, 2.45) is 5.73 Å². The highest BCUT2D eigenvalue weighted by molar-refractivity contribution is 7.98. The summed E-state index contributed by atoms with van der Waals surface area (Å²) in [7, 11) is 1.66. The summed E-state index contributed by atoms with van der Waals surface area (Å²) in [6.45, 7) is 4.01. The lowest BCUT2D eigenvalue weighted by atomic mass is 10.6. The zero-order valence-corrected chi connectivity index (χ0v) is 6.73. The van der Waals surface area contributed by atoms with Gasteiger partial charge in [0.1, 0.15) is 0 Å². The Morgan fingerprint density at radius 3 is 2.22 bits per heavy atom. The van der Waals surface area contributed by atoms with E-state index in [1.807, 2.05) is 13.8 Å². The van der Waals surface area contributed by atoms with Gasteiger partial charge in [0, 0.05) is 12.3 Å². The summed E-state index contributed by atoms with van der Waals surface area (Å²) in [5.41, 5.74) is 4.95. The minimum Gasteiger partial charge on any atom is -0.351 e. The molecular weight excluding hydrogens is 136 g/mol. The van der Waals surface area contributed by atoms with Crippen LogP contribution in [0.3, 0.4) is 0 Å². The smallest absolute Gasteiger partial charge is 0.324 e. The minimum atomic E-state index is -0.395. The van der Waals surface area contributed by atoms with Gasteiger partial charge in [-0.15, -0.1) is 0 Å². The second-order valence-corrected chi connectivity index (χ2v) is 3.69.